The quantitative estimate of drug-likeness (QED) is 0.450. The number of sulfonamides is 1. The number of aryl methyl sites for hydroxylation is 1. The normalized spacial score (nSPS) is 17.1. The molecule has 4 aromatic rings. The van der Waals surface area contributed by atoms with Gasteiger partial charge in [0.25, 0.3) is 10.0 Å². The number of rotatable bonds is 5. The maximum absolute atomic E-state index is 13.0. The number of hydrogen-bond acceptors (Lipinski definition) is 7. The van der Waals surface area contributed by atoms with Gasteiger partial charge in [0.2, 0.25) is 5.91 Å². The van der Waals surface area contributed by atoms with Gasteiger partial charge in [0.1, 0.15) is 21.1 Å². The highest BCUT2D eigenvalue weighted by molar-refractivity contribution is 7.91. The molecule has 1 amide bonds. The second-order valence-corrected chi connectivity index (χ2v) is 12.0. The van der Waals surface area contributed by atoms with Crippen LogP contribution in [0.5, 0.6) is 0 Å². The lowest BCUT2D eigenvalue weighted by Gasteiger charge is -2.22. The molecule has 1 atom stereocenters. The number of hydrogen-bond donors (Lipinski definition) is 1. The lowest BCUT2D eigenvalue weighted by molar-refractivity contribution is -0.119. The number of fused-ring (bicyclic) bond motifs is 1. The van der Waals surface area contributed by atoms with E-state index in [4.69, 9.17) is 0 Å². The average Bonchev–Trinajstić information content (AvgIpc) is 3.53. The smallest absolute Gasteiger partial charge is 0.253 e. The molecule has 0 saturated carbocycles. The highest BCUT2D eigenvalue weighted by atomic mass is 32.2. The Labute approximate surface area is 193 Å². The van der Waals surface area contributed by atoms with E-state index in [1.54, 1.807) is 35.7 Å². The van der Waals surface area contributed by atoms with Gasteiger partial charge in [0, 0.05) is 23.2 Å². The first-order valence-corrected chi connectivity index (χ1v) is 13.2. The molecule has 4 heterocycles. The van der Waals surface area contributed by atoms with Crippen molar-refractivity contribution < 1.29 is 13.2 Å². The van der Waals surface area contributed by atoms with Gasteiger partial charge in [-0.15, -0.1) is 22.7 Å². The molecular formula is C22H20N4O3S3. The van der Waals surface area contributed by atoms with Crippen LogP contribution < -0.4 is 5.32 Å². The number of anilines is 1. The average molecular weight is 485 g/mol. The summed E-state index contributed by atoms with van der Waals surface area (Å²) in [5, 5.41) is 3.64. The summed E-state index contributed by atoms with van der Waals surface area (Å²) in [6.07, 6.45) is 2.80. The molecule has 1 saturated heterocycles. The number of benzene rings is 1. The number of pyridine rings is 1. The number of carbonyl (C=O) groups is 1. The first-order chi connectivity index (χ1) is 15.4. The predicted molar refractivity (Wildman–Crippen MR) is 127 cm³/mol. The summed E-state index contributed by atoms with van der Waals surface area (Å²) >= 11 is 2.80. The Morgan fingerprint density at radius 1 is 1.12 bits per heavy atom. The minimum Gasteiger partial charge on any atom is -0.309 e. The van der Waals surface area contributed by atoms with E-state index in [0.717, 1.165) is 25.7 Å². The zero-order valence-corrected chi connectivity index (χ0v) is 19.6. The molecule has 0 bridgehead atoms. The van der Waals surface area contributed by atoms with Crippen molar-refractivity contribution in [2.45, 2.75) is 30.0 Å². The zero-order chi connectivity index (χ0) is 22.3. The first kappa shape index (κ1) is 21.2. The van der Waals surface area contributed by atoms with Gasteiger partial charge >= 0.3 is 0 Å². The van der Waals surface area contributed by atoms with E-state index in [2.05, 4.69) is 15.3 Å². The predicted octanol–water partition coefficient (Wildman–Crippen LogP) is 4.52. The van der Waals surface area contributed by atoms with Crippen molar-refractivity contribution in [1.82, 2.24) is 14.3 Å². The van der Waals surface area contributed by atoms with Gasteiger partial charge in [-0.3, -0.25) is 4.79 Å². The second-order valence-electron chi connectivity index (χ2n) is 7.55. The summed E-state index contributed by atoms with van der Waals surface area (Å²) in [7, 11) is -3.70. The van der Waals surface area contributed by atoms with E-state index in [0.29, 0.717) is 25.2 Å². The molecule has 164 valence electrons. The third kappa shape index (κ3) is 3.95. The Kier molecular flexibility index (Phi) is 5.54. The van der Waals surface area contributed by atoms with Crippen LogP contribution in [0.4, 0.5) is 5.82 Å². The van der Waals surface area contributed by atoms with Crippen LogP contribution in [0.1, 0.15) is 17.7 Å². The first-order valence-electron chi connectivity index (χ1n) is 10.1. The van der Waals surface area contributed by atoms with Crippen LogP contribution >= 0.6 is 22.7 Å². The Morgan fingerprint density at radius 2 is 1.97 bits per heavy atom. The van der Waals surface area contributed by atoms with Gasteiger partial charge < -0.3 is 5.32 Å². The molecule has 0 aliphatic carbocycles. The van der Waals surface area contributed by atoms with E-state index in [9.17, 15) is 13.2 Å². The van der Waals surface area contributed by atoms with E-state index < -0.39 is 16.1 Å². The van der Waals surface area contributed by atoms with Crippen molar-refractivity contribution >= 4 is 54.6 Å². The number of para-hydroxylation sites is 1. The number of thiazole rings is 1. The van der Waals surface area contributed by atoms with E-state index >= 15 is 0 Å². The van der Waals surface area contributed by atoms with Crippen LogP contribution in [0.15, 0.2) is 58.9 Å². The van der Waals surface area contributed by atoms with E-state index in [-0.39, 0.29) is 10.1 Å². The van der Waals surface area contributed by atoms with E-state index in [1.165, 1.54) is 15.6 Å². The topological polar surface area (TPSA) is 92.3 Å². The summed E-state index contributed by atoms with van der Waals surface area (Å²) in [6, 6.07) is 14.1. The van der Waals surface area contributed by atoms with Gasteiger partial charge in [-0.25, -0.2) is 18.4 Å². The molecule has 5 rings (SSSR count). The van der Waals surface area contributed by atoms with Crippen molar-refractivity contribution in [2.24, 2.45) is 0 Å². The Bertz CT molecular complexity index is 1360. The number of amides is 1. The van der Waals surface area contributed by atoms with Crippen LogP contribution in [0.2, 0.25) is 0 Å². The highest BCUT2D eigenvalue weighted by Crippen LogP contribution is 2.32. The molecule has 1 N–H and O–H groups in total. The fourth-order valence-electron chi connectivity index (χ4n) is 3.76. The third-order valence-corrected chi connectivity index (χ3v) is 9.80. The number of thiophene rings is 1. The largest absolute Gasteiger partial charge is 0.309 e. The molecule has 0 spiro atoms. The van der Waals surface area contributed by atoms with Crippen LogP contribution in [0.3, 0.4) is 0 Å². The molecule has 1 unspecified atom stereocenters. The van der Waals surface area contributed by atoms with Gasteiger partial charge in [0.15, 0.2) is 0 Å². The molecule has 10 heteroatoms. The highest BCUT2D eigenvalue weighted by Gasteiger charge is 2.40. The fraction of sp³-hybridized carbons (Fsp3) is 0.227. The molecule has 3 aromatic heterocycles. The summed E-state index contributed by atoms with van der Waals surface area (Å²) in [5.74, 6) is 0.0238. The van der Waals surface area contributed by atoms with Crippen molar-refractivity contribution in [2.75, 3.05) is 11.9 Å². The Balaban J connectivity index is 1.32. The number of carbonyl (C=O) groups excluding carboxylic acids is 1. The summed E-state index contributed by atoms with van der Waals surface area (Å²) in [4.78, 5) is 22.8. The molecule has 1 fully saturated rings. The Hall–Kier alpha value is -2.66. The van der Waals surface area contributed by atoms with Gasteiger partial charge in [-0.2, -0.15) is 4.31 Å². The standard InChI is InChI=1S/C22H20N4O3S3/c1-14-8-11-20(30-14)32(28,29)26-12-4-6-17(26)21(27)25-19-10-9-15(13-23-19)22-24-16-5-2-3-7-18(16)31-22/h2-3,5,7-11,13,17H,4,6,12H2,1H3,(H,23,25,27). The van der Waals surface area contributed by atoms with Crippen molar-refractivity contribution in [3.05, 3.63) is 59.6 Å². The monoisotopic (exact) mass is 484 g/mol. The maximum Gasteiger partial charge on any atom is 0.253 e. The molecule has 0 radical (unpaired) electrons. The number of nitrogens with one attached hydrogen (secondary N) is 1. The lowest BCUT2D eigenvalue weighted by Crippen LogP contribution is -2.42. The molecule has 1 aliphatic rings. The summed E-state index contributed by atoms with van der Waals surface area (Å²) in [6.45, 7) is 2.20. The third-order valence-electron chi connectivity index (χ3n) is 5.34. The van der Waals surface area contributed by atoms with E-state index in [1.807, 2.05) is 37.3 Å². The van der Waals surface area contributed by atoms with Gasteiger partial charge in [0.05, 0.1) is 10.2 Å². The summed E-state index contributed by atoms with van der Waals surface area (Å²) < 4.78 is 28.7. The molecule has 7 nitrogen and oxygen atoms in total. The van der Waals surface area contributed by atoms with Crippen LogP contribution in [0, 0.1) is 6.92 Å². The second kappa shape index (κ2) is 8.36. The SMILES string of the molecule is Cc1ccc(S(=O)(=O)N2CCCC2C(=O)Nc2ccc(-c3nc4ccccc4s3)cn2)s1. The van der Waals surface area contributed by atoms with Crippen molar-refractivity contribution in [3.8, 4) is 10.6 Å². The number of nitrogens with zero attached hydrogens (tertiary/aromatic N) is 3. The van der Waals surface area contributed by atoms with Gasteiger partial charge in [-0.05, 0) is 56.2 Å². The fourth-order valence-corrected chi connectivity index (χ4v) is 7.78. The van der Waals surface area contributed by atoms with Crippen molar-refractivity contribution in [3.63, 3.8) is 0 Å². The molecule has 1 aliphatic heterocycles. The zero-order valence-electron chi connectivity index (χ0n) is 17.2. The molecule has 1 aromatic carbocycles. The molecular weight excluding hydrogens is 464 g/mol. The van der Waals surface area contributed by atoms with Crippen LogP contribution in [-0.4, -0.2) is 41.2 Å². The molecule has 32 heavy (non-hydrogen) atoms. The lowest BCUT2D eigenvalue weighted by atomic mass is 10.2. The van der Waals surface area contributed by atoms with Crippen LogP contribution in [0.25, 0.3) is 20.8 Å². The Morgan fingerprint density at radius 3 is 2.69 bits per heavy atom. The maximum atomic E-state index is 13.0. The minimum absolute atomic E-state index is 0.271. The van der Waals surface area contributed by atoms with Crippen molar-refractivity contribution in [1.29, 1.82) is 0 Å². The van der Waals surface area contributed by atoms with Gasteiger partial charge in [-0.1, -0.05) is 12.1 Å². The van der Waals surface area contributed by atoms with Crippen LogP contribution in [-0.2, 0) is 14.8 Å². The summed E-state index contributed by atoms with van der Waals surface area (Å²) in [5.41, 5.74) is 1.80. The minimum atomic E-state index is -3.70. The number of aromatic nitrogens is 2.